The van der Waals surface area contributed by atoms with Gasteiger partial charge in [0.2, 0.25) is 0 Å². The number of carbonyl (C=O) groups is 1. The topological polar surface area (TPSA) is 53.8 Å². The molecule has 54 valence electrons. The zero-order valence-corrected chi connectivity index (χ0v) is 5.82. The van der Waals surface area contributed by atoms with Gasteiger partial charge in [0.25, 0.3) is 0 Å². The van der Waals surface area contributed by atoms with Crippen LogP contribution >= 0.6 is 0 Å². The molecule has 0 saturated carbocycles. The number of rotatable bonds is 2. The van der Waals surface area contributed by atoms with E-state index in [2.05, 4.69) is 4.98 Å². The van der Waals surface area contributed by atoms with Crippen molar-refractivity contribution in [1.82, 2.24) is 4.98 Å². The average molecular weight is 146 g/mol. The van der Waals surface area contributed by atoms with Crippen molar-refractivity contribution in [3.05, 3.63) is 29.6 Å². The monoisotopic (exact) mass is 146 g/mol. The summed E-state index contributed by atoms with van der Waals surface area (Å²) in [5, 5.41) is 8.29. The molecule has 1 aromatic heterocycles. The van der Waals surface area contributed by atoms with Crippen LogP contribution in [0.25, 0.3) is 0 Å². The van der Waals surface area contributed by atoms with Gasteiger partial charge in [0.15, 0.2) is 6.29 Å². The van der Waals surface area contributed by atoms with Crippen LogP contribution in [0.1, 0.15) is 16.1 Å². The molecule has 3 nitrogen and oxygen atoms in total. The van der Waals surface area contributed by atoms with Crippen LogP contribution in [-0.4, -0.2) is 11.3 Å². The van der Waals surface area contributed by atoms with E-state index in [1.54, 1.807) is 12.1 Å². The van der Waals surface area contributed by atoms with Crippen LogP contribution < -0.4 is 0 Å². The second kappa shape index (κ2) is 3.47. The summed E-state index contributed by atoms with van der Waals surface area (Å²) in [5.41, 5.74) is 1.23. The molecule has 0 spiro atoms. The normalized spacial score (nSPS) is 8.64. The molecule has 0 radical (unpaired) electrons. The van der Waals surface area contributed by atoms with Crippen LogP contribution in [-0.2, 0) is 6.42 Å². The Morgan fingerprint density at radius 2 is 2.45 bits per heavy atom. The van der Waals surface area contributed by atoms with E-state index >= 15 is 0 Å². The van der Waals surface area contributed by atoms with Crippen molar-refractivity contribution < 1.29 is 4.79 Å². The van der Waals surface area contributed by atoms with Crippen molar-refractivity contribution in [3.8, 4) is 6.07 Å². The largest absolute Gasteiger partial charge is 0.298 e. The van der Waals surface area contributed by atoms with Gasteiger partial charge in [-0.3, -0.25) is 9.78 Å². The predicted molar refractivity (Wildman–Crippen MR) is 38.9 cm³/mol. The number of carbonyl (C=O) groups excluding carboxylic acids is 1. The fraction of sp³-hybridized carbons (Fsp3) is 0.125. The summed E-state index contributed by atoms with van der Waals surface area (Å²) in [6.45, 7) is 0. The van der Waals surface area contributed by atoms with Gasteiger partial charge in [-0.15, -0.1) is 0 Å². The molecule has 0 fully saturated rings. The highest BCUT2D eigenvalue weighted by Crippen LogP contribution is 1.97. The smallest absolute Gasteiger partial charge is 0.151 e. The van der Waals surface area contributed by atoms with Crippen molar-refractivity contribution in [2.24, 2.45) is 0 Å². The first kappa shape index (κ1) is 7.42. The number of aldehydes is 1. The van der Waals surface area contributed by atoms with Crippen LogP contribution in [0, 0.1) is 11.3 Å². The Kier molecular flexibility index (Phi) is 2.34. The first-order chi connectivity index (χ1) is 5.36. The van der Waals surface area contributed by atoms with Gasteiger partial charge in [0.1, 0.15) is 0 Å². The molecular formula is C8H6N2O. The van der Waals surface area contributed by atoms with E-state index in [1.165, 1.54) is 6.20 Å². The Morgan fingerprint density at radius 3 is 2.91 bits per heavy atom. The highest BCUT2D eigenvalue weighted by molar-refractivity contribution is 5.73. The first-order valence-electron chi connectivity index (χ1n) is 3.14. The maximum atomic E-state index is 10.2. The minimum absolute atomic E-state index is 0.291. The molecule has 0 bridgehead atoms. The summed E-state index contributed by atoms with van der Waals surface area (Å²) in [4.78, 5) is 14.1. The van der Waals surface area contributed by atoms with Gasteiger partial charge >= 0.3 is 0 Å². The molecule has 11 heavy (non-hydrogen) atoms. The molecule has 0 unspecified atom stereocenters. The van der Waals surface area contributed by atoms with Gasteiger partial charge in [-0.1, -0.05) is 0 Å². The molecule has 1 heterocycles. The number of pyridine rings is 1. The molecule has 0 amide bonds. The second-order valence-electron chi connectivity index (χ2n) is 2.04. The van der Waals surface area contributed by atoms with E-state index in [1.807, 2.05) is 6.07 Å². The van der Waals surface area contributed by atoms with Gasteiger partial charge in [-0.05, 0) is 12.1 Å². The molecule has 0 N–H and O–H groups in total. The van der Waals surface area contributed by atoms with E-state index in [-0.39, 0.29) is 0 Å². The second-order valence-corrected chi connectivity index (χ2v) is 2.04. The number of nitrogens with zero attached hydrogens (tertiary/aromatic N) is 2. The van der Waals surface area contributed by atoms with Crippen molar-refractivity contribution in [3.63, 3.8) is 0 Å². The van der Waals surface area contributed by atoms with E-state index in [0.29, 0.717) is 17.7 Å². The Balaban J connectivity index is 2.84. The lowest BCUT2D eigenvalue weighted by Gasteiger charge is -1.91. The van der Waals surface area contributed by atoms with Gasteiger partial charge in [-0.2, -0.15) is 5.26 Å². The summed E-state index contributed by atoms with van der Waals surface area (Å²) in [7, 11) is 0. The summed E-state index contributed by atoms with van der Waals surface area (Å²) in [5.74, 6) is 0. The highest BCUT2D eigenvalue weighted by Gasteiger charge is 1.92. The van der Waals surface area contributed by atoms with E-state index < -0.39 is 0 Å². The molecule has 0 aliphatic rings. The number of nitriles is 1. The van der Waals surface area contributed by atoms with E-state index in [9.17, 15) is 4.79 Å². The van der Waals surface area contributed by atoms with Crippen LogP contribution in [0.5, 0.6) is 0 Å². The minimum Gasteiger partial charge on any atom is -0.298 e. The third-order valence-electron chi connectivity index (χ3n) is 1.24. The summed E-state index contributed by atoms with van der Waals surface area (Å²) < 4.78 is 0. The predicted octanol–water partition coefficient (Wildman–Crippen LogP) is 0.960. The molecule has 0 aliphatic heterocycles. The van der Waals surface area contributed by atoms with Crippen molar-refractivity contribution in [2.75, 3.05) is 0 Å². The van der Waals surface area contributed by atoms with Crippen molar-refractivity contribution >= 4 is 6.29 Å². The Morgan fingerprint density at radius 1 is 1.64 bits per heavy atom. The fourth-order valence-corrected chi connectivity index (χ4v) is 0.691. The average Bonchev–Trinajstić information content (AvgIpc) is 2.07. The Labute approximate surface area is 64.3 Å². The number of aromatic nitrogens is 1. The van der Waals surface area contributed by atoms with Crippen LogP contribution in [0.2, 0.25) is 0 Å². The lowest BCUT2D eigenvalue weighted by Crippen LogP contribution is -1.88. The molecule has 0 atom stereocenters. The fourth-order valence-electron chi connectivity index (χ4n) is 0.691. The minimum atomic E-state index is 0.291. The SMILES string of the molecule is N#CCc1ccc(C=O)cn1. The summed E-state index contributed by atoms with van der Waals surface area (Å²) in [6, 6.07) is 5.29. The van der Waals surface area contributed by atoms with Gasteiger partial charge in [0.05, 0.1) is 18.2 Å². The van der Waals surface area contributed by atoms with Crippen LogP contribution in [0.3, 0.4) is 0 Å². The molecule has 0 aromatic carbocycles. The number of hydrogen-bond acceptors (Lipinski definition) is 3. The zero-order chi connectivity index (χ0) is 8.10. The standard InChI is InChI=1S/C8H6N2O/c9-4-3-8-2-1-7(6-11)5-10-8/h1-2,5-6H,3H2. The van der Waals surface area contributed by atoms with Crippen LogP contribution in [0.15, 0.2) is 18.3 Å². The molecule has 1 rings (SSSR count). The third-order valence-corrected chi connectivity index (χ3v) is 1.24. The molecule has 0 saturated heterocycles. The van der Waals surface area contributed by atoms with Gasteiger partial charge in [0, 0.05) is 11.8 Å². The van der Waals surface area contributed by atoms with E-state index in [0.717, 1.165) is 6.29 Å². The summed E-state index contributed by atoms with van der Waals surface area (Å²) in [6.07, 6.45) is 2.47. The summed E-state index contributed by atoms with van der Waals surface area (Å²) >= 11 is 0. The van der Waals surface area contributed by atoms with E-state index in [4.69, 9.17) is 5.26 Å². The molecule has 3 heteroatoms. The van der Waals surface area contributed by atoms with Gasteiger partial charge in [-0.25, -0.2) is 0 Å². The highest BCUT2D eigenvalue weighted by atomic mass is 16.1. The Bertz CT molecular complexity index is 284. The first-order valence-corrected chi connectivity index (χ1v) is 3.14. The quantitative estimate of drug-likeness (QED) is 0.584. The lowest BCUT2D eigenvalue weighted by molar-refractivity contribution is 0.112. The van der Waals surface area contributed by atoms with Gasteiger partial charge < -0.3 is 0 Å². The third kappa shape index (κ3) is 1.87. The maximum Gasteiger partial charge on any atom is 0.151 e. The number of hydrogen-bond donors (Lipinski definition) is 0. The molecular weight excluding hydrogens is 140 g/mol. The van der Waals surface area contributed by atoms with Crippen molar-refractivity contribution in [2.45, 2.75) is 6.42 Å². The zero-order valence-electron chi connectivity index (χ0n) is 5.82. The van der Waals surface area contributed by atoms with Crippen LogP contribution in [0.4, 0.5) is 0 Å². The maximum absolute atomic E-state index is 10.2. The Hall–Kier alpha value is -1.69. The van der Waals surface area contributed by atoms with Crippen molar-refractivity contribution in [1.29, 1.82) is 5.26 Å². The molecule has 0 aliphatic carbocycles. The lowest BCUT2D eigenvalue weighted by atomic mass is 10.2. The molecule has 1 aromatic rings.